The summed E-state index contributed by atoms with van der Waals surface area (Å²) in [7, 11) is 0. The van der Waals surface area contributed by atoms with Crippen LogP contribution in [0.3, 0.4) is 0 Å². The Kier molecular flexibility index (Phi) is 4.39. The molecule has 3 heterocycles. The van der Waals surface area contributed by atoms with Crippen molar-refractivity contribution in [2.75, 3.05) is 6.54 Å². The lowest BCUT2D eigenvalue weighted by Gasteiger charge is -2.21. The zero-order valence-corrected chi connectivity index (χ0v) is 15.3. The molecular formula is C19H21N5O3. The van der Waals surface area contributed by atoms with Gasteiger partial charge < -0.3 is 9.42 Å². The topological polar surface area (TPSA) is 97.0 Å². The number of rotatable bonds is 4. The summed E-state index contributed by atoms with van der Waals surface area (Å²) in [6.07, 6.45) is 1.61. The first kappa shape index (κ1) is 17.3. The van der Waals surface area contributed by atoms with Gasteiger partial charge in [0.05, 0.1) is 5.69 Å². The van der Waals surface area contributed by atoms with Crippen LogP contribution in [-0.4, -0.2) is 37.3 Å². The molecule has 0 aliphatic carbocycles. The maximum absolute atomic E-state index is 13.0. The second-order valence-electron chi connectivity index (χ2n) is 6.98. The van der Waals surface area contributed by atoms with E-state index in [1.165, 1.54) is 10.7 Å². The highest BCUT2D eigenvalue weighted by Gasteiger charge is 2.35. The van der Waals surface area contributed by atoms with Crippen LogP contribution in [0.4, 0.5) is 0 Å². The van der Waals surface area contributed by atoms with Crippen molar-refractivity contribution in [3.63, 3.8) is 0 Å². The molecular weight excluding hydrogens is 346 g/mol. The summed E-state index contributed by atoms with van der Waals surface area (Å²) in [4.78, 5) is 31.5. The molecule has 0 radical (unpaired) electrons. The molecule has 8 nitrogen and oxygen atoms in total. The Bertz CT molecular complexity index is 1000. The van der Waals surface area contributed by atoms with Crippen molar-refractivity contribution in [2.45, 2.75) is 38.6 Å². The monoisotopic (exact) mass is 367 g/mol. The fourth-order valence-corrected chi connectivity index (χ4v) is 3.31. The number of hydrogen-bond acceptors (Lipinski definition) is 5. The number of carbonyl (C=O) groups excluding carboxylic acids is 1. The largest absolute Gasteiger partial charge is 0.337 e. The number of nitrogens with one attached hydrogen (secondary N) is 1. The Balaban J connectivity index is 1.61. The molecule has 0 bridgehead atoms. The molecule has 3 aromatic rings. The molecule has 1 aliphatic heterocycles. The third kappa shape index (κ3) is 3.18. The molecule has 1 amide bonds. The molecule has 2 aromatic heterocycles. The quantitative estimate of drug-likeness (QED) is 0.764. The normalized spacial score (nSPS) is 17.0. The number of H-pyrrole nitrogens is 1. The van der Waals surface area contributed by atoms with Crippen molar-refractivity contribution < 1.29 is 9.32 Å². The van der Waals surface area contributed by atoms with Gasteiger partial charge in [-0.2, -0.15) is 4.98 Å². The van der Waals surface area contributed by atoms with E-state index in [0.29, 0.717) is 23.9 Å². The van der Waals surface area contributed by atoms with Gasteiger partial charge in [0.2, 0.25) is 5.89 Å². The van der Waals surface area contributed by atoms with Crippen molar-refractivity contribution >= 4 is 5.91 Å². The van der Waals surface area contributed by atoms with Crippen LogP contribution >= 0.6 is 0 Å². The van der Waals surface area contributed by atoms with Gasteiger partial charge in [0.25, 0.3) is 11.5 Å². The van der Waals surface area contributed by atoms with Crippen molar-refractivity contribution in [1.29, 1.82) is 0 Å². The van der Waals surface area contributed by atoms with Crippen LogP contribution in [0.1, 0.15) is 60.9 Å². The van der Waals surface area contributed by atoms with Gasteiger partial charge >= 0.3 is 0 Å². The van der Waals surface area contributed by atoms with Gasteiger partial charge in [0.1, 0.15) is 11.7 Å². The third-order valence-electron chi connectivity index (χ3n) is 4.74. The van der Waals surface area contributed by atoms with Gasteiger partial charge in [-0.15, -0.1) is 0 Å². The molecule has 8 heteroatoms. The fraction of sp³-hybridized carbons (Fsp3) is 0.368. The summed E-state index contributed by atoms with van der Waals surface area (Å²) in [6.45, 7) is 4.56. The Labute approximate surface area is 155 Å². The minimum atomic E-state index is -0.278. The number of nitrogens with zero attached hydrogens (tertiary/aromatic N) is 4. The summed E-state index contributed by atoms with van der Waals surface area (Å²) in [6, 6.07) is 10.2. The second-order valence-corrected chi connectivity index (χ2v) is 6.98. The SMILES string of the molecule is CC(C)c1noc([C@H]2CCCN2C(=O)c2cc(=O)n(-c3ccccc3)[nH]2)n1. The second kappa shape index (κ2) is 6.86. The van der Waals surface area contributed by atoms with Crippen molar-refractivity contribution in [3.05, 3.63) is 64.2 Å². The standard InChI is InChI=1S/C19H21N5O3/c1-12(2)17-20-18(27-22-17)15-9-6-10-23(15)19(26)14-11-16(25)24(21-14)13-7-4-3-5-8-13/h3-5,7-8,11-12,15,21H,6,9-10H2,1-2H3/t15-/m1/s1. The van der Waals surface area contributed by atoms with Gasteiger partial charge in [-0.05, 0) is 25.0 Å². The highest BCUT2D eigenvalue weighted by Crippen LogP contribution is 2.32. The van der Waals surface area contributed by atoms with Gasteiger partial charge in [-0.25, -0.2) is 4.68 Å². The van der Waals surface area contributed by atoms with E-state index in [9.17, 15) is 9.59 Å². The molecule has 0 saturated carbocycles. The third-order valence-corrected chi connectivity index (χ3v) is 4.74. The zero-order valence-electron chi connectivity index (χ0n) is 15.3. The number of para-hydroxylation sites is 1. The first-order valence-corrected chi connectivity index (χ1v) is 9.06. The highest BCUT2D eigenvalue weighted by molar-refractivity contribution is 5.92. The molecule has 1 aliphatic rings. The average Bonchev–Trinajstić information content (AvgIpc) is 3.40. The fourth-order valence-electron chi connectivity index (χ4n) is 3.31. The van der Waals surface area contributed by atoms with E-state index in [0.717, 1.165) is 12.8 Å². The van der Waals surface area contributed by atoms with Crippen LogP contribution in [0.2, 0.25) is 0 Å². The van der Waals surface area contributed by atoms with Crippen molar-refractivity contribution in [2.24, 2.45) is 0 Å². The van der Waals surface area contributed by atoms with Crippen LogP contribution in [0.15, 0.2) is 45.7 Å². The number of amides is 1. The number of likely N-dealkylation sites (tertiary alicyclic amines) is 1. The molecule has 0 unspecified atom stereocenters. The number of benzene rings is 1. The van der Waals surface area contributed by atoms with E-state index in [1.807, 2.05) is 32.0 Å². The Morgan fingerprint density at radius 2 is 2.07 bits per heavy atom. The molecule has 4 rings (SSSR count). The summed E-state index contributed by atoms with van der Waals surface area (Å²) in [5.41, 5.74) is 0.650. The molecule has 1 atom stereocenters. The van der Waals surface area contributed by atoms with Gasteiger partial charge in [0, 0.05) is 18.5 Å². The lowest BCUT2D eigenvalue weighted by atomic mass is 10.2. The molecule has 1 saturated heterocycles. The predicted octanol–water partition coefficient (Wildman–Crippen LogP) is 2.65. The van der Waals surface area contributed by atoms with Crippen LogP contribution < -0.4 is 5.56 Å². The maximum Gasteiger partial charge on any atom is 0.272 e. The van der Waals surface area contributed by atoms with Crippen LogP contribution in [0.25, 0.3) is 5.69 Å². The smallest absolute Gasteiger partial charge is 0.272 e. The molecule has 1 fully saturated rings. The minimum Gasteiger partial charge on any atom is -0.337 e. The first-order chi connectivity index (χ1) is 13.0. The summed E-state index contributed by atoms with van der Waals surface area (Å²) < 4.78 is 6.76. The maximum atomic E-state index is 13.0. The number of carbonyl (C=O) groups is 1. The van der Waals surface area contributed by atoms with Gasteiger partial charge in [0.15, 0.2) is 5.82 Å². The minimum absolute atomic E-state index is 0.157. The highest BCUT2D eigenvalue weighted by atomic mass is 16.5. The zero-order chi connectivity index (χ0) is 19.0. The summed E-state index contributed by atoms with van der Waals surface area (Å²) >= 11 is 0. The van der Waals surface area contributed by atoms with Gasteiger partial charge in [-0.3, -0.25) is 14.7 Å². The van der Waals surface area contributed by atoms with E-state index < -0.39 is 0 Å². The first-order valence-electron chi connectivity index (χ1n) is 9.06. The number of aromatic nitrogens is 4. The lowest BCUT2D eigenvalue weighted by molar-refractivity contribution is 0.0703. The molecule has 1 N–H and O–H groups in total. The van der Waals surface area contributed by atoms with Crippen molar-refractivity contribution in [3.8, 4) is 5.69 Å². The van der Waals surface area contributed by atoms with Crippen LogP contribution in [0, 0.1) is 0 Å². The van der Waals surface area contributed by atoms with Crippen LogP contribution in [0.5, 0.6) is 0 Å². The van der Waals surface area contributed by atoms with E-state index in [-0.39, 0.29) is 29.1 Å². The molecule has 27 heavy (non-hydrogen) atoms. The summed E-state index contributed by atoms with van der Waals surface area (Å²) in [5, 5.41) is 6.91. The molecule has 0 spiro atoms. The summed E-state index contributed by atoms with van der Waals surface area (Å²) in [5.74, 6) is 1.00. The molecule has 1 aromatic carbocycles. The molecule has 140 valence electrons. The van der Waals surface area contributed by atoms with Crippen LogP contribution in [-0.2, 0) is 0 Å². The lowest BCUT2D eigenvalue weighted by Crippen LogP contribution is -2.31. The van der Waals surface area contributed by atoms with E-state index in [2.05, 4.69) is 15.2 Å². The van der Waals surface area contributed by atoms with E-state index >= 15 is 0 Å². The number of hydrogen-bond donors (Lipinski definition) is 1. The predicted molar refractivity (Wildman–Crippen MR) is 97.8 cm³/mol. The van der Waals surface area contributed by atoms with Crippen molar-refractivity contribution in [1.82, 2.24) is 24.8 Å². The average molecular weight is 367 g/mol. The Hall–Kier alpha value is -3.16. The van der Waals surface area contributed by atoms with E-state index in [4.69, 9.17) is 4.52 Å². The Morgan fingerprint density at radius 1 is 1.30 bits per heavy atom. The number of aromatic amines is 1. The van der Waals surface area contributed by atoms with Gasteiger partial charge in [-0.1, -0.05) is 37.2 Å². The van der Waals surface area contributed by atoms with E-state index in [1.54, 1.807) is 17.0 Å². The Morgan fingerprint density at radius 3 is 2.78 bits per heavy atom.